The summed E-state index contributed by atoms with van der Waals surface area (Å²) in [7, 11) is 0. The average Bonchev–Trinajstić information content (AvgIpc) is 2.40. The summed E-state index contributed by atoms with van der Waals surface area (Å²) >= 11 is 0. The minimum Gasteiger partial charge on any atom is -0.369 e. The van der Waals surface area contributed by atoms with E-state index in [0.717, 1.165) is 38.4 Å². The second kappa shape index (κ2) is 5.82. The standard InChI is InChI=1S/C13H18N3O2/c1-2-7-14-8-10-15(11-9-14)12-3-5-13(6-4-12)16(17)18/h2-6H,7-11H2,1H3. The average molecular weight is 248 g/mol. The number of non-ortho nitro benzene ring substituents is 1. The highest BCUT2D eigenvalue weighted by Gasteiger charge is 2.16. The smallest absolute Gasteiger partial charge is 0.269 e. The summed E-state index contributed by atoms with van der Waals surface area (Å²) in [6.45, 7) is 7.15. The molecule has 1 heterocycles. The van der Waals surface area contributed by atoms with Gasteiger partial charge in [-0.05, 0) is 18.6 Å². The summed E-state index contributed by atoms with van der Waals surface area (Å²) in [5, 5.41) is 10.6. The van der Waals surface area contributed by atoms with Gasteiger partial charge in [0.15, 0.2) is 0 Å². The van der Waals surface area contributed by atoms with Crippen LogP contribution >= 0.6 is 0 Å². The van der Waals surface area contributed by atoms with Crippen molar-refractivity contribution in [2.24, 2.45) is 0 Å². The molecule has 1 saturated heterocycles. The number of hydrogen-bond donors (Lipinski definition) is 0. The van der Waals surface area contributed by atoms with Crippen molar-refractivity contribution in [3.05, 3.63) is 40.8 Å². The Morgan fingerprint density at radius 3 is 2.33 bits per heavy atom. The zero-order chi connectivity index (χ0) is 13.0. The topological polar surface area (TPSA) is 49.6 Å². The SMILES string of the molecule is C[CH]CN1CCN(c2ccc([N+](=O)[O-])cc2)CC1. The van der Waals surface area contributed by atoms with Crippen molar-refractivity contribution in [2.75, 3.05) is 37.6 Å². The first-order valence-electron chi connectivity index (χ1n) is 6.20. The Morgan fingerprint density at radius 1 is 1.22 bits per heavy atom. The molecule has 18 heavy (non-hydrogen) atoms. The normalized spacial score (nSPS) is 16.8. The van der Waals surface area contributed by atoms with Crippen LogP contribution in [0.2, 0.25) is 0 Å². The minimum absolute atomic E-state index is 0.151. The van der Waals surface area contributed by atoms with E-state index in [0.29, 0.717) is 0 Å². The Bertz CT molecular complexity index is 397. The van der Waals surface area contributed by atoms with E-state index in [1.165, 1.54) is 0 Å². The third-order valence-corrected chi connectivity index (χ3v) is 3.24. The number of benzene rings is 1. The van der Waals surface area contributed by atoms with Crippen LogP contribution < -0.4 is 4.90 Å². The highest BCUT2D eigenvalue weighted by Crippen LogP contribution is 2.20. The molecule has 2 rings (SSSR count). The Hall–Kier alpha value is -1.62. The van der Waals surface area contributed by atoms with Gasteiger partial charge in [-0.15, -0.1) is 0 Å². The number of nitro groups is 1. The van der Waals surface area contributed by atoms with Crippen LogP contribution in [0, 0.1) is 16.5 Å². The second-order valence-electron chi connectivity index (χ2n) is 4.47. The van der Waals surface area contributed by atoms with E-state index >= 15 is 0 Å². The molecule has 1 aromatic rings. The lowest BCUT2D eigenvalue weighted by Gasteiger charge is -2.35. The third-order valence-electron chi connectivity index (χ3n) is 3.24. The van der Waals surface area contributed by atoms with Crippen molar-refractivity contribution < 1.29 is 4.92 Å². The monoisotopic (exact) mass is 248 g/mol. The van der Waals surface area contributed by atoms with E-state index in [2.05, 4.69) is 23.1 Å². The van der Waals surface area contributed by atoms with Crippen LogP contribution in [0.1, 0.15) is 6.92 Å². The first-order valence-corrected chi connectivity index (χ1v) is 6.20. The molecule has 1 radical (unpaired) electrons. The minimum atomic E-state index is -0.362. The lowest BCUT2D eigenvalue weighted by molar-refractivity contribution is -0.384. The highest BCUT2D eigenvalue weighted by molar-refractivity contribution is 5.51. The van der Waals surface area contributed by atoms with Gasteiger partial charge < -0.3 is 4.90 Å². The van der Waals surface area contributed by atoms with Gasteiger partial charge in [0.2, 0.25) is 0 Å². The summed E-state index contributed by atoms with van der Waals surface area (Å²) < 4.78 is 0. The zero-order valence-electron chi connectivity index (χ0n) is 10.6. The fourth-order valence-corrected chi connectivity index (χ4v) is 2.23. The van der Waals surface area contributed by atoms with E-state index in [1.807, 2.05) is 12.1 Å². The van der Waals surface area contributed by atoms with Crippen LogP contribution in [0.15, 0.2) is 24.3 Å². The first kappa shape index (κ1) is 12.8. The fourth-order valence-electron chi connectivity index (χ4n) is 2.23. The van der Waals surface area contributed by atoms with Crippen LogP contribution in [0.5, 0.6) is 0 Å². The van der Waals surface area contributed by atoms with Crippen LogP contribution in [0.4, 0.5) is 11.4 Å². The molecule has 0 amide bonds. The van der Waals surface area contributed by atoms with Gasteiger partial charge in [-0.1, -0.05) is 6.92 Å². The molecule has 0 spiro atoms. The Balaban J connectivity index is 1.95. The molecule has 1 fully saturated rings. The van der Waals surface area contributed by atoms with Gasteiger partial charge in [0.25, 0.3) is 5.69 Å². The summed E-state index contributed by atoms with van der Waals surface area (Å²) in [5.41, 5.74) is 1.22. The number of rotatable bonds is 4. The molecule has 5 nitrogen and oxygen atoms in total. The number of nitro benzene ring substituents is 1. The van der Waals surface area contributed by atoms with Crippen molar-refractivity contribution in [1.82, 2.24) is 4.90 Å². The van der Waals surface area contributed by atoms with Gasteiger partial charge in [0, 0.05) is 50.5 Å². The molecule has 1 aromatic carbocycles. The molecule has 1 aliphatic heterocycles. The van der Waals surface area contributed by atoms with Crippen LogP contribution in [0.3, 0.4) is 0 Å². The van der Waals surface area contributed by atoms with Gasteiger partial charge in [-0.3, -0.25) is 15.0 Å². The predicted molar refractivity (Wildman–Crippen MR) is 71.7 cm³/mol. The number of anilines is 1. The largest absolute Gasteiger partial charge is 0.369 e. The van der Waals surface area contributed by atoms with Gasteiger partial charge >= 0.3 is 0 Å². The molecular formula is C13H18N3O2. The first-order chi connectivity index (χ1) is 8.70. The Kier molecular flexibility index (Phi) is 4.15. The van der Waals surface area contributed by atoms with Gasteiger partial charge in [0.05, 0.1) is 4.92 Å². The molecule has 1 aliphatic rings. The number of nitrogens with zero attached hydrogens (tertiary/aromatic N) is 3. The van der Waals surface area contributed by atoms with E-state index in [4.69, 9.17) is 0 Å². The molecular weight excluding hydrogens is 230 g/mol. The second-order valence-corrected chi connectivity index (χ2v) is 4.47. The van der Waals surface area contributed by atoms with E-state index in [9.17, 15) is 10.1 Å². The lowest BCUT2D eigenvalue weighted by Crippen LogP contribution is -2.46. The predicted octanol–water partition coefficient (Wildman–Crippen LogP) is 1.94. The van der Waals surface area contributed by atoms with E-state index in [-0.39, 0.29) is 10.6 Å². The van der Waals surface area contributed by atoms with Crippen molar-refractivity contribution in [3.8, 4) is 0 Å². The van der Waals surface area contributed by atoms with E-state index in [1.54, 1.807) is 12.1 Å². The Labute approximate surface area is 107 Å². The van der Waals surface area contributed by atoms with Gasteiger partial charge in [0.1, 0.15) is 0 Å². The van der Waals surface area contributed by atoms with E-state index < -0.39 is 0 Å². The van der Waals surface area contributed by atoms with Crippen molar-refractivity contribution in [1.29, 1.82) is 0 Å². The molecule has 0 bridgehead atoms. The third kappa shape index (κ3) is 2.98. The van der Waals surface area contributed by atoms with Gasteiger partial charge in [-0.25, -0.2) is 0 Å². The molecule has 0 unspecified atom stereocenters. The molecule has 0 atom stereocenters. The van der Waals surface area contributed by atoms with Gasteiger partial charge in [-0.2, -0.15) is 0 Å². The Morgan fingerprint density at radius 2 is 1.83 bits per heavy atom. The molecule has 0 saturated carbocycles. The van der Waals surface area contributed by atoms with Crippen molar-refractivity contribution >= 4 is 11.4 Å². The van der Waals surface area contributed by atoms with Crippen LogP contribution in [-0.2, 0) is 0 Å². The fraction of sp³-hybridized carbons (Fsp3) is 0.462. The molecule has 0 aliphatic carbocycles. The van der Waals surface area contributed by atoms with Crippen molar-refractivity contribution in [3.63, 3.8) is 0 Å². The summed E-state index contributed by atoms with van der Waals surface area (Å²) in [6.07, 6.45) is 2.17. The highest BCUT2D eigenvalue weighted by atomic mass is 16.6. The number of hydrogen-bond acceptors (Lipinski definition) is 4. The maximum atomic E-state index is 10.6. The lowest BCUT2D eigenvalue weighted by atomic mass is 10.2. The molecule has 0 N–H and O–H groups in total. The van der Waals surface area contributed by atoms with Crippen LogP contribution in [0.25, 0.3) is 0 Å². The quantitative estimate of drug-likeness (QED) is 0.603. The summed E-state index contributed by atoms with van der Waals surface area (Å²) in [5.74, 6) is 0. The molecule has 97 valence electrons. The maximum absolute atomic E-state index is 10.6. The van der Waals surface area contributed by atoms with Crippen molar-refractivity contribution in [2.45, 2.75) is 6.92 Å². The summed E-state index contributed by atoms with van der Waals surface area (Å²) in [6, 6.07) is 6.81. The van der Waals surface area contributed by atoms with Crippen LogP contribution in [-0.4, -0.2) is 42.5 Å². The number of piperazine rings is 1. The maximum Gasteiger partial charge on any atom is 0.269 e. The summed E-state index contributed by atoms with van der Waals surface area (Å²) in [4.78, 5) is 14.9. The molecule has 5 heteroatoms. The molecule has 0 aromatic heterocycles. The zero-order valence-corrected chi connectivity index (χ0v) is 10.6.